The average molecular weight is 289 g/mol. The number of aryl methyl sites for hydroxylation is 1. The Morgan fingerprint density at radius 3 is 2.61 bits per heavy atom. The Balaban J connectivity index is 2.28. The summed E-state index contributed by atoms with van der Waals surface area (Å²) < 4.78 is 27.9. The molecule has 1 aromatic carbocycles. The first-order chi connectivity index (χ1) is 8.49. The number of aliphatic hydroxyl groups is 1. The second-order valence-corrected chi connectivity index (χ2v) is 5.82. The molecule has 0 saturated carbocycles. The molecule has 96 valence electrons. The van der Waals surface area contributed by atoms with E-state index >= 15 is 0 Å². The lowest BCUT2D eigenvalue weighted by atomic mass is 10.0. The molecular formula is C13H11ClF2OS. The van der Waals surface area contributed by atoms with Gasteiger partial charge in [0.1, 0.15) is 11.6 Å². The fourth-order valence-electron chi connectivity index (χ4n) is 1.74. The van der Waals surface area contributed by atoms with E-state index in [9.17, 15) is 13.9 Å². The van der Waals surface area contributed by atoms with Crippen LogP contribution in [-0.4, -0.2) is 5.11 Å². The Bertz CT molecular complexity index is 568. The third-order valence-corrected chi connectivity index (χ3v) is 3.93. The molecule has 0 aliphatic carbocycles. The molecule has 0 spiro atoms. The van der Waals surface area contributed by atoms with Crippen molar-refractivity contribution in [3.63, 3.8) is 0 Å². The van der Waals surface area contributed by atoms with Crippen molar-refractivity contribution in [2.75, 3.05) is 0 Å². The molecule has 1 aromatic heterocycles. The van der Waals surface area contributed by atoms with E-state index < -0.39 is 17.7 Å². The largest absolute Gasteiger partial charge is 0.388 e. The lowest BCUT2D eigenvalue weighted by Gasteiger charge is -2.13. The van der Waals surface area contributed by atoms with E-state index in [-0.39, 0.29) is 12.0 Å². The van der Waals surface area contributed by atoms with E-state index in [1.165, 1.54) is 30.4 Å². The van der Waals surface area contributed by atoms with Gasteiger partial charge in [-0.3, -0.25) is 0 Å². The zero-order chi connectivity index (χ0) is 13.3. The molecule has 1 heterocycles. The predicted octanol–water partition coefficient (Wildman–Crippen LogP) is 4.26. The van der Waals surface area contributed by atoms with Crippen molar-refractivity contribution in [3.8, 4) is 0 Å². The second-order valence-electron chi connectivity index (χ2n) is 4.02. The van der Waals surface area contributed by atoms with Crippen LogP contribution in [0.15, 0.2) is 24.3 Å². The summed E-state index contributed by atoms with van der Waals surface area (Å²) >= 11 is 7.05. The SMILES string of the molecule is Cc1ccc(F)c(C(O)Cc2ccc(Cl)s2)c1F. The summed E-state index contributed by atoms with van der Waals surface area (Å²) in [5.41, 5.74) is 0.0363. The molecule has 0 fully saturated rings. The highest BCUT2D eigenvalue weighted by atomic mass is 35.5. The van der Waals surface area contributed by atoms with Crippen LogP contribution in [0, 0.1) is 18.6 Å². The van der Waals surface area contributed by atoms with Crippen LogP contribution >= 0.6 is 22.9 Å². The van der Waals surface area contributed by atoms with Crippen molar-refractivity contribution < 1.29 is 13.9 Å². The fourth-order valence-corrected chi connectivity index (χ4v) is 2.86. The first-order valence-electron chi connectivity index (χ1n) is 5.36. The molecule has 0 aliphatic rings. The predicted molar refractivity (Wildman–Crippen MR) is 69.1 cm³/mol. The number of rotatable bonds is 3. The van der Waals surface area contributed by atoms with Gasteiger partial charge in [0.25, 0.3) is 0 Å². The first-order valence-corrected chi connectivity index (χ1v) is 6.55. The Morgan fingerprint density at radius 1 is 1.28 bits per heavy atom. The second kappa shape index (κ2) is 5.34. The molecule has 1 nitrogen and oxygen atoms in total. The van der Waals surface area contributed by atoms with Gasteiger partial charge < -0.3 is 5.11 Å². The zero-order valence-electron chi connectivity index (χ0n) is 9.58. The number of hydrogen-bond acceptors (Lipinski definition) is 2. The molecule has 2 aromatic rings. The molecule has 2 rings (SSSR count). The average Bonchev–Trinajstić information content (AvgIpc) is 2.70. The van der Waals surface area contributed by atoms with E-state index in [2.05, 4.69) is 0 Å². The first kappa shape index (κ1) is 13.5. The molecule has 0 aliphatic heterocycles. The van der Waals surface area contributed by atoms with Crippen LogP contribution in [0.1, 0.15) is 22.1 Å². The minimum Gasteiger partial charge on any atom is -0.388 e. The molecule has 0 amide bonds. The van der Waals surface area contributed by atoms with E-state index in [0.29, 0.717) is 9.90 Å². The van der Waals surface area contributed by atoms with Crippen molar-refractivity contribution >= 4 is 22.9 Å². The van der Waals surface area contributed by atoms with Crippen LogP contribution in [-0.2, 0) is 6.42 Å². The van der Waals surface area contributed by atoms with E-state index in [0.717, 1.165) is 4.88 Å². The minimum atomic E-state index is -1.21. The van der Waals surface area contributed by atoms with Crippen LogP contribution < -0.4 is 0 Å². The van der Waals surface area contributed by atoms with Crippen LogP contribution in [0.25, 0.3) is 0 Å². The van der Waals surface area contributed by atoms with Crippen LogP contribution in [0.3, 0.4) is 0 Å². The van der Waals surface area contributed by atoms with Crippen LogP contribution in [0.5, 0.6) is 0 Å². The number of hydrogen-bond donors (Lipinski definition) is 1. The van der Waals surface area contributed by atoms with Crippen molar-refractivity contribution in [3.05, 3.63) is 56.2 Å². The molecule has 1 unspecified atom stereocenters. The van der Waals surface area contributed by atoms with E-state index in [1.54, 1.807) is 12.1 Å². The Labute approximate surface area is 113 Å². The van der Waals surface area contributed by atoms with Gasteiger partial charge in [-0.1, -0.05) is 17.7 Å². The van der Waals surface area contributed by atoms with Crippen molar-refractivity contribution in [1.29, 1.82) is 0 Å². The maximum Gasteiger partial charge on any atom is 0.134 e. The maximum atomic E-state index is 13.8. The molecule has 1 atom stereocenters. The van der Waals surface area contributed by atoms with Crippen molar-refractivity contribution in [2.45, 2.75) is 19.4 Å². The number of benzene rings is 1. The summed E-state index contributed by atoms with van der Waals surface area (Å²) in [6.45, 7) is 1.53. The fraction of sp³-hybridized carbons (Fsp3) is 0.231. The number of aliphatic hydroxyl groups excluding tert-OH is 1. The molecule has 5 heteroatoms. The lowest BCUT2D eigenvalue weighted by Crippen LogP contribution is -2.07. The van der Waals surface area contributed by atoms with Gasteiger partial charge >= 0.3 is 0 Å². The molecular weight excluding hydrogens is 278 g/mol. The lowest BCUT2D eigenvalue weighted by molar-refractivity contribution is 0.169. The minimum absolute atomic E-state index is 0.147. The Hall–Kier alpha value is -0.970. The monoisotopic (exact) mass is 288 g/mol. The van der Waals surface area contributed by atoms with E-state index in [4.69, 9.17) is 11.6 Å². The molecule has 0 radical (unpaired) electrons. The summed E-state index contributed by atoms with van der Waals surface area (Å²) in [4.78, 5) is 0.785. The van der Waals surface area contributed by atoms with Gasteiger partial charge in [0.15, 0.2) is 0 Å². The topological polar surface area (TPSA) is 20.2 Å². The van der Waals surface area contributed by atoms with Gasteiger partial charge in [0.2, 0.25) is 0 Å². The molecule has 18 heavy (non-hydrogen) atoms. The quantitative estimate of drug-likeness (QED) is 0.894. The normalized spacial score (nSPS) is 12.7. The van der Waals surface area contributed by atoms with Gasteiger partial charge in [-0.05, 0) is 30.7 Å². The van der Waals surface area contributed by atoms with Gasteiger partial charge in [-0.25, -0.2) is 8.78 Å². The summed E-state index contributed by atoms with van der Waals surface area (Å²) in [7, 11) is 0. The number of thiophene rings is 1. The van der Waals surface area contributed by atoms with Crippen molar-refractivity contribution in [2.24, 2.45) is 0 Å². The standard InChI is InChI=1S/C13H11ClF2OS/c1-7-2-4-9(15)12(13(7)16)10(17)6-8-3-5-11(14)18-8/h2-5,10,17H,6H2,1H3. The zero-order valence-corrected chi connectivity index (χ0v) is 11.2. The summed E-state index contributed by atoms with van der Waals surface area (Å²) in [6.07, 6.45) is -1.06. The van der Waals surface area contributed by atoms with E-state index in [1.807, 2.05) is 0 Å². The third-order valence-electron chi connectivity index (χ3n) is 2.68. The summed E-state index contributed by atoms with van der Waals surface area (Å²) in [5, 5.41) is 9.95. The summed E-state index contributed by atoms with van der Waals surface area (Å²) in [6, 6.07) is 5.94. The molecule has 0 bridgehead atoms. The maximum absolute atomic E-state index is 13.8. The van der Waals surface area contributed by atoms with Crippen LogP contribution in [0.4, 0.5) is 8.78 Å². The van der Waals surface area contributed by atoms with Gasteiger partial charge in [-0.15, -0.1) is 11.3 Å². The van der Waals surface area contributed by atoms with Gasteiger partial charge in [-0.2, -0.15) is 0 Å². The molecule has 0 saturated heterocycles. The third kappa shape index (κ3) is 2.71. The number of halogens is 3. The van der Waals surface area contributed by atoms with Crippen molar-refractivity contribution in [1.82, 2.24) is 0 Å². The smallest absolute Gasteiger partial charge is 0.134 e. The van der Waals surface area contributed by atoms with Crippen LogP contribution in [0.2, 0.25) is 4.34 Å². The van der Waals surface area contributed by atoms with Gasteiger partial charge in [0, 0.05) is 11.3 Å². The highest BCUT2D eigenvalue weighted by Crippen LogP contribution is 2.29. The Morgan fingerprint density at radius 2 is 2.00 bits per heavy atom. The Kier molecular flexibility index (Phi) is 4.00. The highest BCUT2D eigenvalue weighted by Gasteiger charge is 2.20. The van der Waals surface area contributed by atoms with Gasteiger partial charge in [0.05, 0.1) is 16.0 Å². The highest BCUT2D eigenvalue weighted by molar-refractivity contribution is 7.16. The molecule has 1 N–H and O–H groups in total. The summed E-state index contributed by atoms with van der Waals surface area (Å²) in [5.74, 6) is -1.42.